The molecule has 2 heterocycles. The molecule has 0 spiro atoms. The minimum Gasteiger partial charge on any atom is -0.395 e. The second-order valence-corrected chi connectivity index (χ2v) is 16.3. The van der Waals surface area contributed by atoms with Gasteiger partial charge in [-0.05, 0) is 61.8 Å². The van der Waals surface area contributed by atoms with Crippen molar-refractivity contribution in [1.29, 1.82) is 0 Å². The number of hydrogen-bond donors (Lipinski definition) is 4. The summed E-state index contributed by atoms with van der Waals surface area (Å²) in [5.74, 6) is 0.0568. The highest BCUT2D eigenvalue weighted by Gasteiger charge is 2.30. The lowest BCUT2D eigenvalue weighted by Gasteiger charge is -2.31. The zero-order chi connectivity index (χ0) is 28.5. The van der Waals surface area contributed by atoms with Gasteiger partial charge in [0.2, 0.25) is 10.0 Å². The van der Waals surface area contributed by atoms with Crippen LogP contribution in [0.5, 0.6) is 0 Å². The van der Waals surface area contributed by atoms with Crippen LogP contribution in [0.4, 0.5) is 0 Å². The summed E-state index contributed by atoms with van der Waals surface area (Å²) < 4.78 is 54.5. The molecular weight excluding hydrogens is 615 g/mol. The predicted octanol–water partition coefficient (Wildman–Crippen LogP) is 4.28. The Labute approximate surface area is 242 Å². The first-order valence-corrected chi connectivity index (χ1v) is 17.5. The van der Waals surface area contributed by atoms with E-state index in [2.05, 4.69) is 9.44 Å². The van der Waals surface area contributed by atoms with Gasteiger partial charge in [0.25, 0.3) is 10.0 Å². The van der Waals surface area contributed by atoms with Crippen LogP contribution in [-0.2, 0) is 24.8 Å². The van der Waals surface area contributed by atoms with Crippen molar-refractivity contribution < 1.29 is 31.8 Å². The number of carbonyl (C=O) groups is 1. The number of sulfonamides is 2. The molecule has 0 bridgehead atoms. The van der Waals surface area contributed by atoms with Gasteiger partial charge in [-0.15, -0.1) is 22.7 Å². The smallest absolute Gasteiger partial charge is 0.250 e. The monoisotopic (exact) mass is 648 g/mol. The topological polar surface area (TPSA) is 150 Å². The Balaban J connectivity index is 0.000000269. The van der Waals surface area contributed by atoms with Crippen LogP contribution in [-0.4, -0.2) is 58.1 Å². The van der Waals surface area contributed by atoms with E-state index in [1.165, 1.54) is 24.3 Å². The molecular formula is C23H34Cl2N2O7S4. The van der Waals surface area contributed by atoms with Gasteiger partial charge >= 0.3 is 0 Å². The SMILES string of the molecule is CCC(CC)[C@@H](C=O)NS(=O)(=O)c1ccc(Cl)s1.O=S(=O)(N[C@H](CO)C1CCC(O)CC1)c1ccc(Cl)s1. The molecule has 0 aromatic carbocycles. The van der Waals surface area contributed by atoms with Gasteiger partial charge in [0.1, 0.15) is 14.7 Å². The van der Waals surface area contributed by atoms with Gasteiger partial charge in [0.05, 0.1) is 27.4 Å². The Morgan fingerprint density at radius 2 is 1.39 bits per heavy atom. The highest BCUT2D eigenvalue weighted by molar-refractivity contribution is 7.92. The van der Waals surface area contributed by atoms with E-state index < -0.39 is 32.1 Å². The van der Waals surface area contributed by atoms with E-state index in [1.807, 2.05) is 13.8 Å². The molecule has 1 saturated carbocycles. The third-order valence-electron chi connectivity index (χ3n) is 6.43. The molecule has 0 radical (unpaired) electrons. The third kappa shape index (κ3) is 9.79. The van der Waals surface area contributed by atoms with E-state index in [9.17, 15) is 31.8 Å². The normalized spacial score (nSPS) is 20.0. The molecule has 0 amide bonds. The van der Waals surface area contributed by atoms with E-state index in [0.29, 0.717) is 40.6 Å². The fourth-order valence-electron chi connectivity index (χ4n) is 4.20. The summed E-state index contributed by atoms with van der Waals surface area (Å²) in [4.78, 5) is 11.0. The first-order valence-electron chi connectivity index (χ1n) is 12.2. The highest BCUT2D eigenvalue weighted by Crippen LogP contribution is 2.30. The van der Waals surface area contributed by atoms with Crippen molar-refractivity contribution in [3.63, 3.8) is 0 Å². The third-order valence-corrected chi connectivity index (χ3v) is 12.8. The van der Waals surface area contributed by atoms with Crippen LogP contribution in [0.2, 0.25) is 8.67 Å². The maximum Gasteiger partial charge on any atom is 0.250 e. The standard InChI is InChI=1S/C12H18ClNO4S2.C11H16ClNO3S2/c13-11-5-6-12(19-11)20(17,18)14-10(7-15)8-1-3-9(16)4-2-8;1-3-8(4-2)9(7-14)13-18(15,16)11-6-5-10(12)17-11/h5-6,8-10,14-16H,1-4,7H2;5-9,13H,3-4H2,1-2H3/t8?,9?,10-;9-/m11/s1. The molecule has 2 aromatic heterocycles. The van der Waals surface area contributed by atoms with Crippen molar-refractivity contribution in [2.24, 2.45) is 11.8 Å². The second-order valence-electron chi connectivity index (χ2n) is 8.96. The van der Waals surface area contributed by atoms with Gasteiger partial charge in [-0.1, -0.05) is 49.9 Å². The minimum atomic E-state index is -3.66. The van der Waals surface area contributed by atoms with Crippen LogP contribution < -0.4 is 9.44 Å². The molecule has 2 atom stereocenters. The molecule has 9 nitrogen and oxygen atoms in total. The first kappa shape index (κ1) is 33.6. The molecule has 1 fully saturated rings. The van der Waals surface area contributed by atoms with Gasteiger partial charge in [0.15, 0.2) is 0 Å². The second kappa shape index (κ2) is 15.4. The maximum absolute atomic E-state index is 12.2. The number of thiophene rings is 2. The van der Waals surface area contributed by atoms with Gasteiger partial charge < -0.3 is 15.0 Å². The molecule has 2 aromatic rings. The average Bonchev–Trinajstić information content (AvgIpc) is 3.53. The summed E-state index contributed by atoms with van der Waals surface area (Å²) in [5, 5.41) is 18.9. The highest BCUT2D eigenvalue weighted by atomic mass is 35.5. The Bertz CT molecular complexity index is 1220. The van der Waals surface area contributed by atoms with Gasteiger partial charge in [-0.2, -0.15) is 4.72 Å². The van der Waals surface area contributed by atoms with E-state index in [-0.39, 0.29) is 33.0 Å². The van der Waals surface area contributed by atoms with Crippen molar-refractivity contribution >= 4 is 72.2 Å². The molecule has 1 aliphatic rings. The van der Waals surface area contributed by atoms with Crippen LogP contribution in [0.25, 0.3) is 0 Å². The lowest BCUT2D eigenvalue weighted by Crippen LogP contribution is -2.44. The fraction of sp³-hybridized carbons (Fsp3) is 0.609. The summed E-state index contributed by atoms with van der Waals surface area (Å²) in [6.45, 7) is 3.61. The van der Waals surface area contributed by atoms with Crippen molar-refractivity contribution in [2.45, 2.75) is 79.0 Å². The first-order chi connectivity index (χ1) is 17.9. The van der Waals surface area contributed by atoms with Crippen LogP contribution in [0, 0.1) is 11.8 Å². The van der Waals surface area contributed by atoms with Gasteiger partial charge in [-0.25, -0.2) is 21.6 Å². The van der Waals surface area contributed by atoms with Gasteiger partial charge in [-0.3, -0.25) is 0 Å². The number of hydrogen-bond acceptors (Lipinski definition) is 9. The molecule has 15 heteroatoms. The largest absolute Gasteiger partial charge is 0.395 e. The molecule has 0 aliphatic heterocycles. The number of aliphatic hydroxyl groups excluding tert-OH is 2. The Morgan fingerprint density at radius 1 is 0.921 bits per heavy atom. The van der Waals surface area contributed by atoms with Crippen LogP contribution >= 0.6 is 45.9 Å². The zero-order valence-electron chi connectivity index (χ0n) is 21.0. The summed E-state index contributed by atoms with van der Waals surface area (Å²) in [5.41, 5.74) is 0. The lowest BCUT2D eigenvalue weighted by atomic mass is 9.83. The number of carbonyl (C=O) groups excluding carboxylic acids is 1. The molecule has 4 N–H and O–H groups in total. The zero-order valence-corrected chi connectivity index (χ0v) is 25.8. The number of rotatable bonds is 12. The summed E-state index contributed by atoms with van der Waals surface area (Å²) in [6.07, 6.45) is 4.55. The molecule has 3 rings (SSSR count). The summed E-state index contributed by atoms with van der Waals surface area (Å²) in [6, 6.07) is 4.73. The average molecular weight is 650 g/mol. The number of aliphatic hydroxyl groups is 2. The number of halogens is 2. The van der Waals surface area contributed by atoms with E-state index >= 15 is 0 Å². The molecule has 1 aliphatic carbocycles. The molecule has 0 unspecified atom stereocenters. The summed E-state index contributed by atoms with van der Waals surface area (Å²) in [7, 11) is -7.32. The quantitative estimate of drug-likeness (QED) is 0.251. The Morgan fingerprint density at radius 3 is 1.76 bits per heavy atom. The van der Waals surface area contributed by atoms with Crippen molar-refractivity contribution in [3.05, 3.63) is 32.9 Å². The van der Waals surface area contributed by atoms with Crippen molar-refractivity contribution in [2.75, 3.05) is 6.61 Å². The molecule has 216 valence electrons. The number of nitrogens with one attached hydrogen (secondary N) is 2. The van der Waals surface area contributed by atoms with Crippen LogP contribution in [0.15, 0.2) is 32.7 Å². The minimum absolute atomic E-state index is 0.00714. The Kier molecular flexibility index (Phi) is 13.6. The van der Waals surface area contributed by atoms with E-state index in [0.717, 1.165) is 35.5 Å². The van der Waals surface area contributed by atoms with Crippen molar-refractivity contribution in [3.8, 4) is 0 Å². The fourth-order valence-corrected chi connectivity index (χ4v) is 9.73. The number of aldehydes is 1. The van der Waals surface area contributed by atoms with Crippen molar-refractivity contribution in [1.82, 2.24) is 9.44 Å². The summed E-state index contributed by atoms with van der Waals surface area (Å²) >= 11 is 13.4. The lowest BCUT2D eigenvalue weighted by molar-refractivity contribution is -0.110. The molecule has 38 heavy (non-hydrogen) atoms. The van der Waals surface area contributed by atoms with Crippen LogP contribution in [0.1, 0.15) is 52.4 Å². The molecule has 0 saturated heterocycles. The predicted molar refractivity (Wildman–Crippen MR) is 152 cm³/mol. The van der Waals surface area contributed by atoms with Crippen LogP contribution in [0.3, 0.4) is 0 Å². The van der Waals surface area contributed by atoms with Gasteiger partial charge in [0, 0.05) is 6.04 Å². The Hall–Kier alpha value is -0.610. The van der Waals surface area contributed by atoms with E-state index in [4.69, 9.17) is 23.2 Å². The maximum atomic E-state index is 12.2. The van der Waals surface area contributed by atoms with E-state index in [1.54, 1.807) is 0 Å².